The number of thioether (sulfide) groups is 1. The fraction of sp³-hybridized carbons (Fsp3) is 1.00. The molecule has 74 valence electrons. The largest absolute Gasteiger partial charge is 0.383 e. The number of hydrogen-bond donors (Lipinski definition) is 1. The molecule has 0 unspecified atom stereocenters. The normalized spacial score (nSPS) is 12.0. The van der Waals surface area contributed by atoms with Gasteiger partial charge in [-0.15, -0.1) is 0 Å². The Morgan fingerprint density at radius 3 is 2.58 bits per heavy atom. The summed E-state index contributed by atoms with van der Waals surface area (Å²) in [7, 11) is 1.74. The highest BCUT2D eigenvalue weighted by Gasteiger charge is 2.15. The fourth-order valence-corrected chi connectivity index (χ4v) is 1.55. The van der Waals surface area contributed by atoms with E-state index in [-0.39, 0.29) is 5.54 Å². The van der Waals surface area contributed by atoms with Crippen LogP contribution in [0.1, 0.15) is 20.8 Å². The zero-order valence-electron chi connectivity index (χ0n) is 8.64. The molecule has 12 heavy (non-hydrogen) atoms. The van der Waals surface area contributed by atoms with Crippen LogP contribution in [0.2, 0.25) is 0 Å². The Hall–Kier alpha value is 0.270. The number of ether oxygens (including phenoxy) is 1. The van der Waals surface area contributed by atoms with E-state index in [0.717, 1.165) is 13.2 Å². The van der Waals surface area contributed by atoms with E-state index < -0.39 is 0 Å². The van der Waals surface area contributed by atoms with Gasteiger partial charge >= 0.3 is 0 Å². The zero-order valence-corrected chi connectivity index (χ0v) is 9.46. The highest BCUT2D eigenvalue weighted by molar-refractivity contribution is 7.99. The van der Waals surface area contributed by atoms with Crippen molar-refractivity contribution < 1.29 is 4.74 Å². The van der Waals surface area contributed by atoms with Gasteiger partial charge in [0.25, 0.3) is 0 Å². The lowest BCUT2D eigenvalue weighted by atomic mass is 10.1. The molecule has 3 heteroatoms. The van der Waals surface area contributed by atoms with Gasteiger partial charge in [0.1, 0.15) is 0 Å². The van der Waals surface area contributed by atoms with Crippen LogP contribution in [0.5, 0.6) is 0 Å². The standard InChI is InChI=1S/C9H21NOS/c1-5-12-7-6-10-9(2,3)8-11-4/h10H,5-8H2,1-4H3. The molecule has 0 heterocycles. The minimum Gasteiger partial charge on any atom is -0.383 e. The molecule has 1 N–H and O–H groups in total. The molecule has 0 saturated heterocycles. The van der Waals surface area contributed by atoms with Crippen molar-refractivity contribution in [3.63, 3.8) is 0 Å². The van der Waals surface area contributed by atoms with Crippen LogP contribution in [-0.2, 0) is 4.74 Å². The van der Waals surface area contributed by atoms with Crippen molar-refractivity contribution in [3.05, 3.63) is 0 Å². The first-order valence-electron chi connectivity index (χ1n) is 4.44. The van der Waals surface area contributed by atoms with Crippen LogP contribution < -0.4 is 5.32 Å². The van der Waals surface area contributed by atoms with Gasteiger partial charge in [0.15, 0.2) is 0 Å². The van der Waals surface area contributed by atoms with Gasteiger partial charge in [-0.25, -0.2) is 0 Å². The Labute approximate surface area is 80.4 Å². The van der Waals surface area contributed by atoms with Crippen LogP contribution in [0.4, 0.5) is 0 Å². The fourth-order valence-electron chi connectivity index (χ4n) is 1.02. The number of nitrogens with one attached hydrogen (secondary N) is 1. The molecule has 0 spiro atoms. The van der Waals surface area contributed by atoms with Crippen LogP contribution in [-0.4, -0.2) is 37.3 Å². The van der Waals surface area contributed by atoms with Crippen molar-refractivity contribution in [2.45, 2.75) is 26.3 Å². The van der Waals surface area contributed by atoms with Gasteiger partial charge in [0.05, 0.1) is 6.61 Å². The molecule has 0 bridgehead atoms. The average molecular weight is 191 g/mol. The van der Waals surface area contributed by atoms with E-state index >= 15 is 0 Å². The molecule has 0 atom stereocenters. The maximum absolute atomic E-state index is 5.09. The summed E-state index contributed by atoms with van der Waals surface area (Å²) in [5.41, 5.74) is 0.114. The quantitative estimate of drug-likeness (QED) is 0.620. The van der Waals surface area contributed by atoms with E-state index in [1.807, 2.05) is 11.8 Å². The molecule has 0 aromatic heterocycles. The van der Waals surface area contributed by atoms with Crippen LogP contribution in [0.15, 0.2) is 0 Å². The van der Waals surface area contributed by atoms with Crippen molar-refractivity contribution >= 4 is 11.8 Å². The SMILES string of the molecule is CCSCCNC(C)(C)COC. The van der Waals surface area contributed by atoms with Crippen molar-refractivity contribution in [2.75, 3.05) is 31.8 Å². The third kappa shape index (κ3) is 6.95. The summed E-state index contributed by atoms with van der Waals surface area (Å²) in [4.78, 5) is 0. The van der Waals surface area contributed by atoms with Crippen molar-refractivity contribution in [2.24, 2.45) is 0 Å². The first kappa shape index (κ1) is 12.3. The minimum absolute atomic E-state index is 0.114. The Morgan fingerprint density at radius 2 is 2.08 bits per heavy atom. The molecular weight excluding hydrogens is 170 g/mol. The predicted octanol–water partition coefficient (Wildman–Crippen LogP) is 1.75. The van der Waals surface area contributed by atoms with Gasteiger partial charge in [0, 0.05) is 24.9 Å². The number of rotatable bonds is 7. The van der Waals surface area contributed by atoms with E-state index in [1.165, 1.54) is 11.5 Å². The van der Waals surface area contributed by atoms with Gasteiger partial charge < -0.3 is 10.1 Å². The van der Waals surface area contributed by atoms with Crippen molar-refractivity contribution in [3.8, 4) is 0 Å². The molecule has 0 saturated carbocycles. The Kier molecular flexibility index (Phi) is 6.90. The first-order chi connectivity index (χ1) is 5.62. The molecule has 0 amide bonds. The second-order valence-electron chi connectivity index (χ2n) is 3.44. The van der Waals surface area contributed by atoms with E-state index in [4.69, 9.17) is 4.74 Å². The molecule has 0 radical (unpaired) electrons. The highest BCUT2D eigenvalue weighted by atomic mass is 32.2. The van der Waals surface area contributed by atoms with Gasteiger partial charge in [-0.2, -0.15) is 11.8 Å². The third-order valence-electron chi connectivity index (χ3n) is 1.56. The van der Waals surface area contributed by atoms with Crippen molar-refractivity contribution in [1.29, 1.82) is 0 Å². The molecule has 0 aliphatic carbocycles. The van der Waals surface area contributed by atoms with Crippen LogP contribution >= 0.6 is 11.8 Å². The Balaban J connectivity index is 3.33. The molecule has 0 fully saturated rings. The lowest BCUT2D eigenvalue weighted by Gasteiger charge is -2.25. The third-order valence-corrected chi connectivity index (χ3v) is 2.46. The minimum atomic E-state index is 0.114. The average Bonchev–Trinajstić information content (AvgIpc) is 1.98. The first-order valence-corrected chi connectivity index (χ1v) is 5.59. The second-order valence-corrected chi connectivity index (χ2v) is 4.83. The molecule has 0 aromatic carbocycles. The number of methoxy groups -OCH3 is 1. The summed E-state index contributed by atoms with van der Waals surface area (Å²) in [6, 6.07) is 0. The zero-order chi connectivity index (χ0) is 9.45. The lowest BCUT2D eigenvalue weighted by Crippen LogP contribution is -2.44. The van der Waals surface area contributed by atoms with Gasteiger partial charge in [-0.1, -0.05) is 6.92 Å². The van der Waals surface area contributed by atoms with E-state index in [2.05, 4.69) is 26.1 Å². The van der Waals surface area contributed by atoms with Crippen LogP contribution in [0, 0.1) is 0 Å². The second kappa shape index (κ2) is 6.75. The molecule has 0 aromatic rings. The van der Waals surface area contributed by atoms with Gasteiger partial charge in [-0.3, -0.25) is 0 Å². The summed E-state index contributed by atoms with van der Waals surface area (Å²) in [5, 5.41) is 3.45. The maximum atomic E-state index is 5.09. The molecule has 0 rings (SSSR count). The smallest absolute Gasteiger partial charge is 0.0639 e. The van der Waals surface area contributed by atoms with E-state index in [1.54, 1.807) is 7.11 Å². The van der Waals surface area contributed by atoms with Crippen LogP contribution in [0.25, 0.3) is 0 Å². The van der Waals surface area contributed by atoms with Crippen molar-refractivity contribution in [1.82, 2.24) is 5.32 Å². The summed E-state index contributed by atoms with van der Waals surface area (Å²) in [6.07, 6.45) is 0. The Bertz CT molecular complexity index is 107. The summed E-state index contributed by atoms with van der Waals surface area (Å²) >= 11 is 1.96. The molecule has 0 aliphatic rings. The predicted molar refractivity (Wildman–Crippen MR) is 57.0 cm³/mol. The van der Waals surface area contributed by atoms with Crippen LogP contribution in [0.3, 0.4) is 0 Å². The summed E-state index contributed by atoms with van der Waals surface area (Å²) in [5.74, 6) is 2.38. The molecule has 2 nitrogen and oxygen atoms in total. The Morgan fingerprint density at radius 1 is 1.42 bits per heavy atom. The number of hydrogen-bond acceptors (Lipinski definition) is 3. The summed E-state index contributed by atoms with van der Waals surface area (Å²) < 4.78 is 5.09. The molecular formula is C9H21NOS. The lowest BCUT2D eigenvalue weighted by molar-refractivity contribution is 0.130. The highest BCUT2D eigenvalue weighted by Crippen LogP contribution is 2.03. The maximum Gasteiger partial charge on any atom is 0.0639 e. The monoisotopic (exact) mass is 191 g/mol. The van der Waals surface area contributed by atoms with Gasteiger partial charge in [-0.05, 0) is 19.6 Å². The summed E-state index contributed by atoms with van der Waals surface area (Å²) in [6.45, 7) is 8.34. The van der Waals surface area contributed by atoms with E-state index in [9.17, 15) is 0 Å². The molecule has 0 aliphatic heterocycles. The topological polar surface area (TPSA) is 21.3 Å². The van der Waals surface area contributed by atoms with Gasteiger partial charge in [0.2, 0.25) is 0 Å². The van der Waals surface area contributed by atoms with E-state index in [0.29, 0.717) is 0 Å².